The van der Waals surface area contributed by atoms with Crippen molar-refractivity contribution in [3.8, 4) is 0 Å². The van der Waals surface area contributed by atoms with E-state index < -0.39 is 0 Å². The van der Waals surface area contributed by atoms with Crippen molar-refractivity contribution in [2.75, 3.05) is 18.0 Å². The van der Waals surface area contributed by atoms with E-state index in [9.17, 15) is 0 Å². The predicted octanol–water partition coefficient (Wildman–Crippen LogP) is 3.53. The maximum Gasteiger partial charge on any atom is 0.0670 e. The second-order valence-electron chi connectivity index (χ2n) is 6.44. The molecule has 0 amide bonds. The fraction of sp³-hybridized carbons (Fsp3) is 0.368. The first-order valence-electron chi connectivity index (χ1n) is 7.96. The molecule has 2 unspecified atom stereocenters. The van der Waals surface area contributed by atoms with E-state index in [1.165, 1.54) is 28.8 Å². The molecular formula is C19H22N2. The first kappa shape index (κ1) is 12.9. The third kappa shape index (κ3) is 2.24. The summed E-state index contributed by atoms with van der Waals surface area (Å²) in [6.45, 7) is 5.55. The van der Waals surface area contributed by atoms with Crippen LogP contribution in [0.15, 0.2) is 48.5 Å². The van der Waals surface area contributed by atoms with E-state index in [1.54, 1.807) is 0 Å². The number of rotatable bonds is 1. The fourth-order valence-corrected chi connectivity index (χ4v) is 3.88. The van der Waals surface area contributed by atoms with Crippen LogP contribution < -0.4 is 10.2 Å². The summed E-state index contributed by atoms with van der Waals surface area (Å²) >= 11 is 0. The largest absolute Gasteiger partial charge is 0.363 e. The number of anilines is 1. The SMILES string of the molecule is CC1Cc2ccccc2N(C2CNCc3ccccc32)C1. The monoisotopic (exact) mass is 278 g/mol. The molecule has 0 aliphatic carbocycles. The highest BCUT2D eigenvalue weighted by Crippen LogP contribution is 2.37. The molecule has 2 aromatic rings. The van der Waals surface area contributed by atoms with E-state index in [-0.39, 0.29) is 0 Å². The van der Waals surface area contributed by atoms with Gasteiger partial charge in [0.1, 0.15) is 0 Å². The first-order chi connectivity index (χ1) is 10.3. The Morgan fingerprint density at radius 3 is 2.67 bits per heavy atom. The summed E-state index contributed by atoms with van der Waals surface area (Å²) in [5, 5.41) is 3.59. The third-order valence-corrected chi connectivity index (χ3v) is 4.82. The molecule has 0 fully saturated rings. The van der Waals surface area contributed by atoms with Crippen LogP contribution in [0.1, 0.15) is 29.7 Å². The molecule has 0 bridgehead atoms. The minimum absolute atomic E-state index is 0.457. The van der Waals surface area contributed by atoms with Crippen molar-refractivity contribution in [1.82, 2.24) is 5.32 Å². The zero-order valence-corrected chi connectivity index (χ0v) is 12.5. The number of hydrogen-bond donors (Lipinski definition) is 1. The molecule has 1 N–H and O–H groups in total. The van der Waals surface area contributed by atoms with E-state index >= 15 is 0 Å². The highest BCUT2D eigenvalue weighted by atomic mass is 15.2. The van der Waals surface area contributed by atoms with Crippen LogP contribution in [-0.4, -0.2) is 13.1 Å². The average molecular weight is 278 g/mol. The molecule has 4 rings (SSSR count). The van der Waals surface area contributed by atoms with Crippen molar-refractivity contribution >= 4 is 5.69 Å². The summed E-state index contributed by atoms with van der Waals surface area (Å²) < 4.78 is 0. The molecule has 0 spiro atoms. The number of benzene rings is 2. The predicted molar refractivity (Wildman–Crippen MR) is 87.5 cm³/mol. The standard InChI is InChI=1S/C19H22N2/c1-14-10-15-6-3-5-9-18(15)21(13-14)19-12-20-11-16-7-2-4-8-17(16)19/h2-9,14,19-20H,10-13H2,1H3. The number of fused-ring (bicyclic) bond motifs is 2. The molecule has 2 nitrogen and oxygen atoms in total. The quantitative estimate of drug-likeness (QED) is 0.858. The minimum atomic E-state index is 0.457. The van der Waals surface area contributed by atoms with Crippen LogP contribution in [0.4, 0.5) is 5.69 Å². The van der Waals surface area contributed by atoms with Gasteiger partial charge in [-0.25, -0.2) is 0 Å². The molecular weight excluding hydrogens is 256 g/mol. The maximum absolute atomic E-state index is 3.59. The Labute approximate surface area is 126 Å². The van der Waals surface area contributed by atoms with Crippen molar-refractivity contribution in [2.45, 2.75) is 25.9 Å². The topological polar surface area (TPSA) is 15.3 Å². The van der Waals surface area contributed by atoms with E-state index in [4.69, 9.17) is 0 Å². The second-order valence-corrected chi connectivity index (χ2v) is 6.44. The smallest absolute Gasteiger partial charge is 0.0670 e. The van der Waals surface area contributed by atoms with Crippen LogP contribution in [0.3, 0.4) is 0 Å². The lowest BCUT2D eigenvalue weighted by atomic mass is 9.89. The molecule has 2 heterocycles. The normalized spacial score (nSPS) is 24.3. The van der Waals surface area contributed by atoms with Gasteiger partial charge >= 0.3 is 0 Å². The number of hydrogen-bond acceptors (Lipinski definition) is 2. The Morgan fingerprint density at radius 2 is 1.76 bits per heavy atom. The fourth-order valence-electron chi connectivity index (χ4n) is 3.88. The molecule has 2 aliphatic rings. The van der Waals surface area contributed by atoms with Crippen LogP contribution >= 0.6 is 0 Å². The highest BCUT2D eigenvalue weighted by Gasteiger charge is 2.30. The Kier molecular flexibility index (Phi) is 3.19. The highest BCUT2D eigenvalue weighted by molar-refractivity contribution is 5.58. The lowest BCUT2D eigenvalue weighted by Crippen LogP contribution is -2.44. The van der Waals surface area contributed by atoms with Gasteiger partial charge in [-0.3, -0.25) is 0 Å². The van der Waals surface area contributed by atoms with Gasteiger partial charge in [0.2, 0.25) is 0 Å². The van der Waals surface area contributed by atoms with E-state index in [0.29, 0.717) is 12.0 Å². The Balaban J connectivity index is 1.78. The Bertz CT molecular complexity index is 650. The van der Waals surface area contributed by atoms with Crippen molar-refractivity contribution in [1.29, 1.82) is 0 Å². The Morgan fingerprint density at radius 1 is 1.00 bits per heavy atom. The summed E-state index contributed by atoms with van der Waals surface area (Å²) in [6, 6.07) is 18.3. The van der Waals surface area contributed by atoms with Crippen molar-refractivity contribution in [3.63, 3.8) is 0 Å². The molecule has 0 saturated carbocycles. The molecule has 2 aromatic carbocycles. The average Bonchev–Trinajstić information content (AvgIpc) is 2.53. The van der Waals surface area contributed by atoms with Crippen LogP contribution in [-0.2, 0) is 13.0 Å². The van der Waals surface area contributed by atoms with Gasteiger partial charge in [0, 0.05) is 25.3 Å². The van der Waals surface area contributed by atoms with E-state index in [1.807, 2.05) is 0 Å². The van der Waals surface area contributed by atoms with Crippen molar-refractivity contribution < 1.29 is 0 Å². The van der Waals surface area contributed by atoms with Crippen LogP contribution in [0.2, 0.25) is 0 Å². The van der Waals surface area contributed by atoms with Gasteiger partial charge in [0.05, 0.1) is 6.04 Å². The van der Waals surface area contributed by atoms with Crippen molar-refractivity contribution in [3.05, 3.63) is 65.2 Å². The Hall–Kier alpha value is -1.80. The summed E-state index contributed by atoms with van der Waals surface area (Å²) in [5.74, 6) is 0.717. The van der Waals surface area contributed by atoms with Crippen LogP contribution in [0.25, 0.3) is 0 Å². The summed E-state index contributed by atoms with van der Waals surface area (Å²) in [4.78, 5) is 2.62. The molecule has 21 heavy (non-hydrogen) atoms. The molecule has 2 atom stereocenters. The van der Waals surface area contributed by atoms with Gasteiger partial charge in [0.25, 0.3) is 0 Å². The molecule has 2 heteroatoms. The zero-order valence-electron chi connectivity index (χ0n) is 12.5. The number of nitrogens with zero attached hydrogens (tertiary/aromatic N) is 1. The minimum Gasteiger partial charge on any atom is -0.363 e. The first-order valence-corrected chi connectivity index (χ1v) is 7.96. The summed E-state index contributed by atoms with van der Waals surface area (Å²) in [5.41, 5.74) is 5.88. The van der Waals surface area contributed by atoms with Gasteiger partial charge in [0.15, 0.2) is 0 Å². The molecule has 2 aliphatic heterocycles. The molecule has 0 saturated heterocycles. The maximum atomic E-state index is 3.59. The van der Waals surface area contributed by atoms with Gasteiger partial charge in [-0.1, -0.05) is 49.4 Å². The van der Waals surface area contributed by atoms with Crippen molar-refractivity contribution in [2.24, 2.45) is 5.92 Å². The lowest BCUT2D eigenvalue weighted by molar-refractivity contribution is 0.452. The van der Waals surface area contributed by atoms with Crippen LogP contribution in [0, 0.1) is 5.92 Å². The number of nitrogens with one attached hydrogen (secondary N) is 1. The van der Waals surface area contributed by atoms with E-state index in [2.05, 4.69) is 65.7 Å². The zero-order chi connectivity index (χ0) is 14.2. The second kappa shape index (κ2) is 5.19. The van der Waals surface area contributed by atoms with Crippen LogP contribution in [0.5, 0.6) is 0 Å². The molecule has 0 radical (unpaired) electrons. The lowest BCUT2D eigenvalue weighted by Gasteiger charge is -2.43. The molecule has 0 aromatic heterocycles. The van der Waals surface area contributed by atoms with Gasteiger partial charge in [-0.2, -0.15) is 0 Å². The van der Waals surface area contributed by atoms with Gasteiger partial charge in [-0.05, 0) is 35.1 Å². The number of para-hydroxylation sites is 1. The van der Waals surface area contributed by atoms with Gasteiger partial charge < -0.3 is 10.2 Å². The van der Waals surface area contributed by atoms with Gasteiger partial charge in [-0.15, -0.1) is 0 Å². The molecule has 108 valence electrons. The summed E-state index contributed by atoms with van der Waals surface area (Å²) in [7, 11) is 0. The summed E-state index contributed by atoms with van der Waals surface area (Å²) in [6.07, 6.45) is 1.20. The third-order valence-electron chi connectivity index (χ3n) is 4.82. The van der Waals surface area contributed by atoms with E-state index in [0.717, 1.165) is 19.6 Å².